The van der Waals surface area contributed by atoms with E-state index in [2.05, 4.69) is 30.0 Å². The lowest BCUT2D eigenvalue weighted by molar-refractivity contribution is -0.131. The average Bonchev–Trinajstić information content (AvgIpc) is 2.37. The number of carbonyl (C=O) groups excluding carboxylic acids is 1. The molecule has 0 radical (unpaired) electrons. The molecule has 0 aliphatic carbocycles. The molecule has 2 unspecified atom stereocenters. The van der Waals surface area contributed by atoms with Crippen molar-refractivity contribution in [2.75, 3.05) is 25.5 Å². The number of fused-ring (bicyclic) bond motifs is 4. The maximum absolute atomic E-state index is 11.1. The van der Waals surface area contributed by atoms with Crippen LogP contribution in [0.1, 0.15) is 31.2 Å². The van der Waals surface area contributed by atoms with Crippen molar-refractivity contribution >= 4 is 11.7 Å². The number of nitrogens with zero attached hydrogens (tertiary/aromatic N) is 2. The Balaban J connectivity index is 1.98. The largest absolute Gasteiger partial charge is 0.427 e. The summed E-state index contributed by atoms with van der Waals surface area (Å²) in [5.74, 6) is 0.991. The number of piperidine rings is 1. The van der Waals surface area contributed by atoms with Crippen LogP contribution in [-0.4, -0.2) is 37.7 Å². The van der Waals surface area contributed by atoms with Crippen molar-refractivity contribution in [1.29, 1.82) is 0 Å². The number of benzene rings is 1. The van der Waals surface area contributed by atoms with Crippen molar-refractivity contribution < 1.29 is 9.53 Å². The van der Waals surface area contributed by atoms with E-state index >= 15 is 0 Å². The molecule has 1 fully saturated rings. The number of rotatable bonds is 1. The highest BCUT2D eigenvalue weighted by Gasteiger charge is 2.36. The monoisotopic (exact) mass is 260 g/mol. The Morgan fingerprint density at radius 3 is 2.89 bits per heavy atom. The Bertz CT molecular complexity index is 515. The van der Waals surface area contributed by atoms with Crippen molar-refractivity contribution in [1.82, 2.24) is 4.90 Å². The van der Waals surface area contributed by atoms with Crippen molar-refractivity contribution in [3.63, 3.8) is 0 Å². The van der Waals surface area contributed by atoms with Gasteiger partial charge in [0.2, 0.25) is 0 Å². The summed E-state index contributed by atoms with van der Waals surface area (Å²) < 4.78 is 5.21. The minimum Gasteiger partial charge on any atom is -0.427 e. The van der Waals surface area contributed by atoms with Gasteiger partial charge in [0.25, 0.3) is 0 Å². The van der Waals surface area contributed by atoms with Gasteiger partial charge in [0.1, 0.15) is 5.75 Å². The normalized spacial score (nSPS) is 25.9. The van der Waals surface area contributed by atoms with Crippen LogP contribution < -0.4 is 9.64 Å². The van der Waals surface area contributed by atoms with E-state index in [0.29, 0.717) is 17.8 Å². The van der Waals surface area contributed by atoms with Crippen LogP contribution >= 0.6 is 0 Å². The Labute approximate surface area is 113 Å². The molecule has 0 saturated carbocycles. The molecule has 1 aromatic carbocycles. The quantitative estimate of drug-likeness (QED) is 0.572. The van der Waals surface area contributed by atoms with Gasteiger partial charge in [0.15, 0.2) is 0 Å². The van der Waals surface area contributed by atoms with E-state index in [0.717, 1.165) is 13.0 Å². The zero-order chi connectivity index (χ0) is 13.6. The van der Waals surface area contributed by atoms with Crippen LogP contribution in [-0.2, 0) is 4.79 Å². The van der Waals surface area contributed by atoms with Crippen molar-refractivity contribution in [2.24, 2.45) is 0 Å². The molecule has 102 valence electrons. The Kier molecular flexibility index (Phi) is 2.97. The molecule has 2 heterocycles. The lowest BCUT2D eigenvalue weighted by Crippen LogP contribution is -2.52. The Morgan fingerprint density at radius 2 is 2.16 bits per heavy atom. The van der Waals surface area contributed by atoms with E-state index in [1.165, 1.54) is 24.6 Å². The molecule has 0 aromatic heterocycles. The standard InChI is InChI=1S/C15H20N2O2/c1-10(18)19-12-4-5-14-13(9-12)11-6-7-16(2)15(8-11)17(14)3/h4-5,9,11,15H,6-8H2,1-3H3. The van der Waals surface area contributed by atoms with Crippen LogP contribution in [0, 0.1) is 0 Å². The van der Waals surface area contributed by atoms with E-state index in [1.54, 1.807) is 0 Å². The summed E-state index contributed by atoms with van der Waals surface area (Å²) in [6.07, 6.45) is 2.83. The summed E-state index contributed by atoms with van der Waals surface area (Å²) >= 11 is 0. The predicted octanol–water partition coefficient (Wildman–Crippen LogP) is 2.20. The van der Waals surface area contributed by atoms with Crippen LogP contribution in [0.2, 0.25) is 0 Å². The average molecular weight is 260 g/mol. The molecular formula is C15H20N2O2. The molecule has 0 N–H and O–H groups in total. The molecule has 2 aliphatic rings. The third kappa shape index (κ3) is 2.10. The Hall–Kier alpha value is -1.55. The highest BCUT2D eigenvalue weighted by molar-refractivity contribution is 5.70. The van der Waals surface area contributed by atoms with Crippen LogP contribution in [0.4, 0.5) is 5.69 Å². The molecule has 2 bridgehead atoms. The first-order chi connectivity index (χ1) is 9.06. The molecule has 2 aliphatic heterocycles. The molecule has 0 spiro atoms. The number of likely N-dealkylation sites (tertiary alicyclic amines) is 1. The lowest BCUT2D eigenvalue weighted by Gasteiger charge is -2.48. The number of hydrogen-bond donors (Lipinski definition) is 0. The van der Waals surface area contributed by atoms with Gasteiger partial charge < -0.3 is 9.64 Å². The molecule has 0 amide bonds. The highest BCUT2D eigenvalue weighted by Crippen LogP contribution is 2.44. The minimum absolute atomic E-state index is 0.259. The number of esters is 1. The number of anilines is 1. The van der Waals surface area contributed by atoms with Crippen LogP contribution in [0.25, 0.3) is 0 Å². The second-order valence-electron chi connectivity index (χ2n) is 5.61. The third-order valence-electron chi connectivity index (χ3n) is 4.36. The fourth-order valence-corrected chi connectivity index (χ4v) is 3.37. The summed E-state index contributed by atoms with van der Waals surface area (Å²) in [7, 11) is 4.34. The van der Waals surface area contributed by atoms with Gasteiger partial charge in [0, 0.05) is 26.2 Å². The van der Waals surface area contributed by atoms with Crippen LogP contribution in [0.5, 0.6) is 5.75 Å². The van der Waals surface area contributed by atoms with Crippen molar-refractivity contribution in [3.8, 4) is 5.75 Å². The van der Waals surface area contributed by atoms with E-state index in [1.807, 2.05) is 12.1 Å². The minimum atomic E-state index is -0.259. The van der Waals surface area contributed by atoms with E-state index in [-0.39, 0.29) is 5.97 Å². The van der Waals surface area contributed by atoms with Gasteiger partial charge in [-0.2, -0.15) is 0 Å². The molecule has 4 heteroatoms. The number of carbonyl (C=O) groups is 1. The van der Waals surface area contributed by atoms with E-state index in [9.17, 15) is 4.79 Å². The van der Waals surface area contributed by atoms with Crippen molar-refractivity contribution in [3.05, 3.63) is 23.8 Å². The van der Waals surface area contributed by atoms with Gasteiger partial charge in [-0.15, -0.1) is 0 Å². The summed E-state index contributed by atoms with van der Waals surface area (Å²) in [6.45, 7) is 2.56. The molecule has 1 saturated heterocycles. The van der Waals surface area contributed by atoms with Gasteiger partial charge in [-0.05, 0) is 49.6 Å². The SMILES string of the molecule is CC(=O)Oc1ccc2c(c1)C1CCN(C)C(C1)N2C. The zero-order valence-corrected chi connectivity index (χ0v) is 11.7. The molecular weight excluding hydrogens is 240 g/mol. The van der Waals surface area contributed by atoms with Gasteiger partial charge in [0.05, 0.1) is 6.17 Å². The summed E-state index contributed by atoms with van der Waals surface area (Å²) in [4.78, 5) is 15.8. The number of ether oxygens (including phenoxy) is 1. The maximum atomic E-state index is 11.1. The molecule has 2 atom stereocenters. The summed E-state index contributed by atoms with van der Waals surface area (Å²) in [6, 6.07) is 6.00. The fourth-order valence-electron chi connectivity index (χ4n) is 3.37. The molecule has 3 rings (SSSR count). The van der Waals surface area contributed by atoms with Gasteiger partial charge >= 0.3 is 5.97 Å². The molecule has 4 nitrogen and oxygen atoms in total. The second kappa shape index (κ2) is 4.53. The maximum Gasteiger partial charge on any atom is 0.308 e. The molecule has 1 aromatic rings. The first-order valence-corrected chi connectivity index (χ1v) is 6.81. The third-order valence-corrected chi connectivity index (χ3v) is 4.36. The second-order valence-corrected chi connectivity index (χ2v) is 5.61. The summed E-state index contributed by atoms with van der Waals surface area (Å²) in [5, 5.41) is 0. The topological polar surface area (TPSA) is 32.8 Å². The fraction of sp³-hybridized carbons (Fsp3) is 0.533. The zero-order valence-electron chi connectivity index (χ0n) is 11.7. The first kappa shape index (κ1) is 12.5. The summed E-state index contributed by atoms with van der Waals surface area (Å²) in [5.41, 5.74) is 2.59. The van der Waals surface area contributed by atoms with Crippen LogP contribution in [0.15, 0.2) is 18.2 Å². The van der Waals surface area contributed by atoms with Crippen molar-refractivity contribution in [2.45, 2.75) is 31.8 Å². The molecule has 19 heavy (non-hydrogen) atoms. The van der Waals surface area contributed by atoms with Gasteiger partial charge in [-0.25, -0.2) is 0 Å². The van der Waals surface area contributed by atoms with Crippen LogP contribution in [0.3, 0.4) is 0 Å². The van der Waals surface area contributed by atoms with Gasteiger partial charge in [-0.1, -0.05) is 0 Å². The Morgan fingerprint density at radius 1 is 1.37 bits per heavy atom. The van der Waals surface area contributed by atoms with E-state index < -0.39 is 0 Å². The lowest BCUT2D eigenvalue weighted by atomic mass is 9.83. The first-order valence-electron chi connectivity index (χ1n) is 6.81. The van der Waals surface area contributed by atoms with E-state index in [4.69, 9.17) is 4.74 Å². The smallest absolute Gasteiger partial charge is 0.308 e. The highest BCUT2D eigenvalue weighted by atomic mass is 16.5. The number of hydrogen-bond acceptors (Lipinski definition) is 4. The van der Waals surface area contributed by atoms with Gasteiger partial charge in [-0.3, -0.25) is 9.69 Å². The predicted molar refractivity (Wildman–Crippen MR) is 74.5 cm³/mol.